The van der Waals surface area contributed by atoms with Crippen molar-refractivity contribution < 1.29 is 14.3 Å². The van der Waals surface area contributed by atoms with E-state index in [4.69, 9.17) is 9.73 Å². The predicted octanol–water partition coefficient (Wildman–Crippen LogP) is 4.52. The first kappa shape index (κ1) is 17.7. The molecule has 1 heterocycles. The van der Waals surface area contributed by atoms with Crippen LogP contribution in [-0.2, 0) is 4.74 Å². The molecule has 0 spiro atoms. The predicted molar refractivity (Wildman–Crippen MR) is 108 cm³/mol. The van der Waals surface area contributed by atoms with Gasteiger partial charge in [-0.2, -0.15) is 0 Å². The van der Waals surface area contributed by atoms with Crippen molar-refractivity contribution in [2.75, 3.05) is 12.0 Å². The molecule has 0 saturated carbocycles. The molecular formula is C23H18N2O3. The van der Waals surface area contributed by atoms with Crippen LogP contribution in [0.15, 0.2) is 77.8 Å². The largest absolute Gasteiger partial charge is 0.465 e. The fourth-order valence-corrected chi connectivity index (χ4v) is 3.17. The highest BCUT2D eigenvalue weighted by atomic mass is 16.5. The summed E-state index contributed by atoms with van der Waals surface area (Å²) in [6, 6.07) is 22.1. The number of carbonyl (C=O) groups is 2. The number of rotatable bonds is 3. The monoisotopic (exact) mass is 370 g/mol. The normalized spacial score (nSPS) is 14.3. The molecule has 1 aliphatic heterocycles. The number of carbonyl (C=O) groups excluding carboxylic acids is 2. The molecule has 1 aliphatic rings. The highest BCUT2D eigenvalue weighted by molar-refractivity contribution is 6.36. The number of aliphatic imine (C=N–C) groups is 1. The fraction of sp³-hybridized carbons (Fsp3) is 0.0870. The van der Waals surface area contributed by atoms with Crippen molar-refractivity contribution in [3.05, 3.63) is 95.1 Å². The molecule has 3 aromatic rings. The summed E-state index contributed by atoms with van der Waals surface area (Å²) >= 11 is 0. The van der Waals surface area contributed by atoms with Gasteiger partial charge in [0, 0.05) is 5.56 Å². The van der Waals surface area contributed by atoms with E-state index < -0.39 is 5.97 Å². The van der Waals surface area contributed by atoms with E-state index in [1.54, 1.807) is 23.1 Å². The minimum absolute atomic E-state index is 0.223. The van der Waals surface area contributed by atoms with Gasteiger partial charge in [0.2, 0.25) is 0 Å². The summed E-state index contributed by atoms with van der Waals surface area (Å²) in [6.07, 6.45) is 0. The summed E-state index contributed by atoms with van der Waals surface area (Å²) in [5, 5.41) is 0. The zero-order valence-corrected chi connectivity index (χ0v) is 15.5. The summed E-state index contributed by atoms with van der Waals surface area (Å²) < 4.78 is 4.78. The summed E-state index contributed by atoms with van der Waals surface area (Å²) in [7, 11) is 1.32. The molecule has 5 heteroatoms. The summed E-state index contributed by atoms with van der Waals surface area (Å²) in [4.78, 5) is 31.5. The number of benzene rings is 3. The number of aryl methyl sites for hydroxylation is 1. The van der Waals surface area contributed by atoms with Crippen molar-refractivity contribution in [2.45, 2.75) is 6.92 Å². The lowest BCUT2D eigenvalue weighted by molar-refractivity contribution is 0.0600. The Bertz CT molecular complexity index is 1090. The van der Waals surface area contributed by atoms with E-state index in [1.165, 1.54) is 7.11 Å². The van der Waals surface area contributed by atoms with Crippen molar-refractivity contribution in [1.29, 1.82) is 0 Å². The van der Waals surface area contributed by atoms with Crippen molar-refractivity contribution in [3.8, 4) is 0 Å². The number of ether oxygens (including phenoxy) is 1. The number of nitrogens with zero attached hydrogens (tertiary/aromatic N) is 2. The van der Waals surface area contributed by atoms with Crippen LogP contribution in [0, 0.1) is 6.92 Å². The molecule has 0 radical (unpaired) electrons. The molecule has 0 atom stereocenters. The molecule has 0 saturated heterocycles. The highest BCUT2D eigenvalue weighted by Crippen LogP contribution is 2.31. The summed E-state index contributed by atoms with van der Waals surface area (Å²) in [6.45, 7) is 1.99. The molecule has 0 aromatic heterocycles. The maximum atomic E-state index is 13.2. The van der Waals surface area contributed by atoms with Gasteiger partial charge in [0.1, 0.15) is 5.84 Å². The Kier molecular flexibility index (Phi) is 4.49. The molecule has 3 aromatic carbocycles. The number of anilines is 1. The first-order valence-electron chi connectivity index (χ1n) is 8.86. The Morgan fingerprint density at radius 3 is 2.32 bits per heavy atom. The van der Waals surface area contributed by atoms with Gasteiger partial charge in [0.25, 0.3) is 5.91 Å². The molecule has 0 unspecified atom stereocenters. The molecule has 4 rings (SSSR count). The van der Waals surface area contributed by atoms with Crippen LogP contribution in [0.25, 0.3) is 0 Å². The number of fused-ring (bicyclic) bond motifs is 1. The number of esters is 1. The second kappa shape index (κ2) is 7.12. The van der Waals surface area contributed by atoms with Gasteiger partial charge < -0.3 is 4.74 Å². The third-order valence-corrected chi connectivity index (χ3v) is 4.61. The Labute approximate surface area is 162 Å². The molecule has 1 amide bonds. The van der Waals surface area contributed by atoms with Crippen LogP contribution in [0.5, 0.6) is 0 Å². The zero-order valence-electron chi connectivity index (χ0n) is 15.5. The SMILES string of the molecule is COC(=O)c1ccc2c(c1)C(=O)N(c1ccc(C)cc1)C2=Nc1ccccc1. The summed E-state index contributed by atoms with van der Waals surface area (Å²) in [5.41, 5.74) is 4.01. The Hall–Kier alpha value is -3.73. The Morgan fingerprint density at radius 2 is 1.64 bits per heavy atom. The van der Waals surface area contributed by atoms with Crippen molar-refractivity contribution in [2.24, 2.45) is 4.99 Å². The summed E-state index contributed by atoms with van der Waals surface area (Å²) in [5.74, 6) is -0.170. The molecule has 0 N–H and O–H groups in total. The van der Waals surface area contributed by atoms with Crippen molar-refractivity contribution in [3.63, 3.8) is 0 Å². The molecule has 28 heavy (non-hydrogen) atoms. The standard InChI is InChI=1S/C23H18N2O3/c1-15-8-11-18(12-9-15)25-21(24-17-6-4-3-5-7-17)19-13-10-16(23(27)28-2)14-20(19)22(25)26/h3-14H,1-2H3. The second-order valence-corrected chi connectivity index (χ2v) is 6.50. The third kappa shape index (κ3) is 3.07. The molecule has 0 aliphatic carbocycles. The minimum Gasteiger partial charge on any atom is -0.465 e. The van der Waals surface area contributed by atoms with Gasteiger partial charge in [0.05, 0.1) is 29.6 Å². The maximum absolute atomic E-state index is 13.2. The van der Waals surface area contributed by atoms with Crippen LogP contribution in [0.1, 0.15) is 31.8 Å². The smallest absolute Gasteiger partial charge is 0.337 e. The van der Waals surface area contributed by atoms with Gasteiger partial charge in [0.15, 0.2) is 0 Å². The van der Waals surface area contributed by atoms with Crippen LogP contribution in [0.4, 0.5) is 11.4 Å². The number of hydrogen-bond donors (Lipinski definition) is 0. The van der Waals surface area contributed by atoms with Crippen molar-refractivity contribution >= 4 is 29.1 Å². The van der Waals surface area contributed by atoms with Crippen molar-refractivity contribution in [1.82, 2.24) is 0 Å². The number of para-hydroxylation sites is 1. The molecule has 138 valence electrons. The van der Waals surface area contributed by atoms with E-state index >= 15 is 0 Å². The number of amides is 1. The number of amidine groups is 1. The quantitative estimate of drug-likeness (QED) is 0.637. The van der Waals surface area contributed by atoms with Crippen LogP contribution in [0.2, 0.25) is 0 Å². The van der Waals surface area contributed by atoms with E-state index in [1.807, 2.05) is 61.5 Å². The zero-order chi connectivity index (χ0) is 19.7. The Balaban J connectivity index is 1.89. The van der Waals surface area contributed by atoms with Gasteiger partial charge >= 0.3 is 5.97 Å². The third-order valence-electron chi connectivity index (χ3n) is 4.61. The number of methoxy groups -OCH3 is 1. The van der Waals surface area contributed by atoms with Gasteiger partial charge in [-0.3, -0.25) is 9.69 Å². The molecule has 0 bridgehead atoms. The maximum Gasteiger partial charge on any atom is 0.337 e. The van der Waals surface area contributed by atoms with Crippen LogP contribution in [0.3, 0.4) is 0 Å². The van der Waals surface area contributed by atoms with E-state index in [0.29, 0.717) is 22.5 Å². The first-order chi connectivity index (χ1) is 13.6. The van der Waals surface area contributed by atoms with E-state index in [0.717, 1.165) is 16.9 Å². The topological polar surface area (TPSA) is 59.0 Å². The van der Waals surface area contributed by atoms with Gasteiger partial charge in [-0.25, -0.2) is 9.79 Å². The van der Waals surface area contributed by atoms with Crippen LogP contribution >= 0.6 is 0 Å². The van der Waals surface area contributed by atoms with Crippen LogP contribution < -0.4 is 4.90 Å². The van der Waals surface area contributed by atoms with Gasteiger partial charge in [-0.05, 0) is 49.4 Å². The van der Waals surface area contributed by atoms with Gasteiger partial charge in [-0.15, -0.1) is 0 Å². The van der Waals surface area contributed by atoms with Gasteiger partial charge in [-0.1, -0.05) is 35.9 Å². The number of hydrogen-bond acceptors (Lipinski definition) is 4. The van der Waals surface area contributed by atoms with E-state index in [2.05, 4.69) is 0 Å². The van der Waals surface area contributed by atoms with E-state index in [-0.39, 0.29) is 5.91 Å². The fourth-order valence-electron chi connectivity index (χ4n) is 3.17. The highest BCUT2D eigenvalue weighted by Gasteiger charge is 2.35. The first-order valence-corrected chi connectivity index (χ1v) is 8.86. The molecule has 5 nitrogen and oxygen atoms in total. The molecule has 0 fully saturated rings. The van der Waals surface area contributed by atoms with Crippen LogP contribution in [-0.4, -0.2) is 24.8 Å². The minimum atomic E-state index is -0.481. The average molecular weight is 370 g/mol. The lowest BCUT2D eigenvalue weighted by Crippen LogP contribution is -2.30. The Morgan fingerprint density at radius 1 is 0.929 bits per heavy atom. The molecular weight excluding hydrogens is 352 g/mol. The average Bonchev–Trinajstić information content (AvgIpc) is 3.00. The lowest BCUT2D eigenvalue weighted by Gasteiger charge is -2.17. The van der Waals surface area contributed by atoms with E-state index in [9.17, 15) is 9.59 Å². The second-order valence-electron chi connectivity index (χ2n) is 6.50. The lowest BCUT2D eigenvalue weighted by atomic mass is 10.1.